The molecular weight excluding hydrogens is 252 g/mol. The number of terminal acetylenes is 1. The van der Waals surface area contributed by atoms with E-state index in [-0.39, 0.29) is 5.97 Å². The van der Waals surface area contributed by atoms with Crippen LogP contribution in [-0.2, 0) is 4.74 Å². The molecule has 3 nitrogen and oxygen atoms in total. The largest absolute Gasteiger partial charge is 0.497 e. The molecule has 0 N–H and O–H groups in total. The maximum absolute atomic E-state index is 12.3. The van der Waals surface area contributed by atoms with Gasteiger partial charge in [0.25, 0.3) is 0 Å². The average Bonchev–Trinajstić information content (AvgIpc) is 2.48. The predicted molar refractivity (Wildman–Crippen MR) is 77.7 cm³/mol. The zero-order valence-corrected chi connectivity index (χ0v) is 11.9. The molecular formula is C17H20O3. The third-order valence-electron chi connectivity index (χ3n) is 3.82. The number of methoxy groups -OCH3 is 1. The number of carbonyl (C=O) groups excluding carboxylic acids is 1. The van der Waals surface area contributed by atoms with Crippen molar-refractivity contribution in [2.24, 2.45) is 0 Å². The van der Waals surface area contributed by atoms with E-state index in [1.54, 1.807) is 31.4 Å². The van der Waals surface area contributed by atoms with Crippen LogP contribution in [0.5, 0.6) is 5.75 Å². The maximum atomic E-state index is 12.3. The van der Waals surface area contributed by atoms with Gasteiger partial charge in [0, 0.05) is 6.42 Å². The van der Waals surface area contributed by atoms with E-state index in [0.29, 0.717) is 12.0 Å². The van der Waals surface area contributed by atoms with Crippen LogP contribution in [0, 0.1) is 12.3 Å². The van der Waals surface area contributed by atoms with E-state index in [2.05, 4.69) is 5.92 Å². The number of ether oxygens (including phenoxy) is 2. The molecule has 0 aromatic heterocycles. The molecule has 20 heavy (non-hydrogen) atoms. The van der Waals surface area contributed by atoms with Gasteiger partial charge in [-0.25, -0.2) is 4.79 Å². The molecule has 1 fully saturated rings. The number of hydrogen-bond acceptors (Lipinski definition) is 3. The molecule has 106 valence electrons. The van der Waals surface area contributed by atoms with Crippen LogP contribution in [0.1, 0.15) is 48.9 Å². The Morgan fingerprint density at radius 1 is 1.25 bits per heavy atom. The Kier molecular flexibility index (Phi) is 4.68. The Labute approximate surface area is 120 Å². The highest BCUT2D eigenvalue weighted by molar-refractivity contribution is 5.89. The fourth-order valence-electron chi connectivity index (χ4n) is 2.68. The topological polar surface area (TPSA) is 35.5 Å². The molecule has 1 saturated carbocycles. The summed E-state index contributed by atoms with van der Waals surface area (Å²) in [5, 5.41) is 0. The van der Waals surface area contributed by atoms with Crippen LogP contribution in [0.25, 0.3) is 0 Å². The SMILES string of the molecule is C#CCC1(OC(=O)c2ccc(OC)cc2)CCCCC1. The van der Waals surface area contributed by atoms with Gasteiger partial charge >= 0.3 is 5.97 Å². The maximum Gasteiger partial charge on any atom is 0.338 e. The first kappa shape index (κ1) is 14.5. The highest BCUT2D eigenvalue weighted by Gasteiger charge is 2.35. The molecule has 0 atom stereocenters. The van der Waals surface area contributed by atoms with E-state index in [1.807, 2.05) is 0 Å². The first-order valence-corrected chi connectivity index (χ1v) is 7.00. The first-order valence-electron chi connectivity index (χ1n) is 7.00. The van der Waals surface area contributed by atoms with Crippen molar-refractivity contribution in [1.29, 1.82) is 0 Å². The predicted octanol–water partition coefficient (Wildman–Crippen LogP) is 3.58. The Hall–Kier alpha value is -1.95. The Balaban J connectivity index is 2.09. The summed E-state index contributed by atoms with van der Waals surface area (Å²) < 4.78 is 10.8. The van der Waals surface area contributed by atoms with Gasteiger partial charge in [0.05, 0.1) is 12.7 Å². The summed E-state index contributed by atoms with van der Waals surface area (Å²) in [4.78, 5) is 12.3. The fourth-order valence-corrected chi connectivity index (χ4v) is 2.68. The molecule has 0 radical (unpaired) electrons. The minimum Gasteiger partial charge on any atom is -0.497 e. The minimum atomic E-state index is -0.468. The zero-order chi connectivity index (χ0) is 14.4. The van der Waals surface area contributed by atoms with Crippen molar-refractivity contribution in [2.75, 3.05) is 7.11 Å². The smallest absolute Gasteiger partial charge is 0.338 e. The molecule has 1 aromatic carbocycles. The van der Waals surface area contributed by atoms with Crippen molar-refractivity contribution in [1.82, 2.24) is 0 Å². The van der Waals surface area contributed by atoms with E-state index in [1.165, 1.54) is 6.42 Å². The van der Waals surface area contributed by atoms with Crippen LogP contribution in [-0.4, -0.2) is 18.7 Å². The standard InChI is InChI=1S/C17H20O3/c1-3-11-17(12-5-4-6-13-17)20-16(18)14-7-9-15(19-2)10-8-14/h1,7-10H,4-6,11-13H2,2H3. The van der Waals surface area contributed by atoms with Crippen LogP contribution in [0.4, 0.5) is 0 Å². The lowest BCUT2D eigenvalue weighted by Gasteiger charge is -2.35. The van der Waals surface area contributed by atoms with Gasteiger partial charge in [-0.1, -0.05) is 6.42 Å². The summed E-state index contributed by atoms with van der Waals surface area (Å²) in [6.07, 6.45) is 11.0. The summed E-state index contributed by atoms with van der Waals surface area (Å²) in [6, 6.07) is 6.94. The van der Waals surface area contributed by atoms with Gasteiger partial charge in [0.2, 0.25) is 0 Å². The minimum absolute atomic E-state index is 0.301. The molecule has 0 heterocycles. The number of carbonyl (C=O) groups is 1. The van der Waals surface area contributed by atoms with E-state index >= 15 is 0 Å². The van der Waals surface area contributed by atoms with E-state index < -0.39 is 5.60 Å². The zero-order valence-electron chi connectivity index (χ0n) is 11.9. The van der Waals surface area contributed by atoms with Gasteiger partial charge in [-0.05, 0) is 49.9 Å². The lowest BCUT2D eigenvalue weighted by atomic mass is 9.82. The van der Waals surface area contributed by atoms with E-state index in [9.17, 15) is 4.79 Å². The lowest BCUT2D eigenvalue weighted by molar-refractivity contribution is -0.0347. The molecule has 2 rings (SSSR count). The van der Waals surface area contributed by atoms with Crippen molar-refractivity contribution in [3.63, 3.8) is 0 Å². The Morgan fingerprint density at radius 3 is 2.45 bits per heavy atom. The fraction of sp³-hybridized carbons (Fsp3) is 0.471. The number of esters is 1. The van der Waals surface area contributed by atoms with Crippen LogP contribution in [0.15, 0.2) is 24.3 Å². The van der Waals surface area contributed by atoms with Crippen molar-refractivity contribution in [3.05, 3.63) is 29.8 Å². The Bertz CT molecular complexity index is 490. The second-order valence-electron chi connectivity index (χ2n) is 5.24. The van der Waals surface area contributed by atoms with Crippen molar-refractivity contribution < 1.29 is 14.3 Å². The number of hydrogen-bond donors (Lipinski definition) is 0. The molecule has 0 bridgehead atoms. The van der Waals surface area contributed by atoms with Crippen molar-refractivity contribution in [2.45, 2.75) is 44.1 Å². The molecule has 0 aliphatic heterocycles. The third-order valence-corrected chi connectivity index (χ3v) is 3.82. The summed E-state index contributed by atoms with van der Waals surface area (Å²) in [6.45, 7) is 0. The lowest BCUT2D eigenvalue weighted by Crippen LogP contribution is -2.37. The average molecular weight is 272 g/mol. The monoisotopic (exact) mass is 272 g/mol. The normalized spacial score (nSPS) is 17.0. The van der Waals surface area contributed by atoms with Gasteiger partial charge in [0.1, 0.15) is 11.4 Å². The second-order valence-corrected chi connectivity index (χ2v) is 5.24. The van der Waals surface area contributed by atoms with E-state index in [0.717, 1.165) is 31.4 Å². The Morgan fingerprint density at radius 2 is 1.90 bits per heavy atom. The molecule has 3 heteroatoms. The number of rotatable bonds is 4. The number of benzene rings is 1. The van der Waals surface area contributed by atoms with Gasteiger partial charge in [0.15, 0.2) is 0 Å². The highest BCUT2D eigenvalue weighted by atomic mass is 16.6. The van der Waals surface area contributed by atoms with E-state index in [4.69, 9.17) is 15.9 Å². The van der Waals surface area contributed by atoms with Gasteiger partial charge < -0.3 is 9.47 Å². The summed E-state index contributed by atoms with van der Waals surface area (Å²) in [5.41, 5.74) is 0.0667. The highest BCUT2D eigenvalue weighted by Crippen LogP contribution is 2.35. The molecule has 1 aromatic rings. The second kappa shape index (κ2) is 6.47. The summed E-state index contributed by atoms with van der Waals surface area (Å²) in [7, 11) is 1.59. The summed E-state index contributed by atoms with van der Waals surface area (Å²) in [5.74, 6) is 3.07. The van der Waals surface area contributed by atoms with Crippen molar-refractivity contribution in [3.8, 4) is 18.1 Å². The summed E-state index contributed by atoms with van der Waals surface area (Å²) >= 11 is 0. The van der Waals surface area contributed by atoms with Crippen LogP contribution >= 0.6 is 0 Å². The van der Waals surface area contributed by atoms with Gasteiger partial charge in [-0.3, -0.25) is 0 Å². The van der Waals surface area contributed by atoms with Gasteiger partial charge in [-0.15, -0.1) is 12.3 Å². The van der Waals surface area contributed by atoms with Gasteiger partial charge in [-0.2, -0.15) is 0 Å². The third kappa shape index (κ3) is 3.33. The molecule has 0 saturated heterocycles. The molecule has 1 aliphatic carbocycles. The van der Waals surface area contributed by atoms with Crippen LogP contribution < -0.4 is 4.74 Å². The quantitative estimate of drug-likeness (QED) is 0.621. The van der Waals surface area contributed by atoms with Crippen molar-refractivity contribution >= 4 is 5.97 Å². The van der Waals surface area contributed by atoms with Crippen LogP contribution in [0.3, 0.4) is 0 Å². The first-order chi connectivity index (χ1) is 9.69. The molecule has 0 amide bonds. The van der Waals surface area contributed by atoms with Crippen LogP contribution in [0.2, 0.25) is 0 Å². The molecule has 1 aliphatic rings. The molecule has 0 spiro atoms. The molecule has 0 unspecified atom stereocenters.